The van der Waals surface area contributed by atoms with Gasteiger partial charge in [0.2, 0.25) is 5.91 Å². The maximum absolute atomic E-state index is 13.8. The largest absolute Gasteiger partial charge is 0.345 e. The normalized spacial score (nSPS) is 24.2. The molecule has 1 aliphatic carbocycles. The van der Waals surface area contributed by atoms with Crippen LogP contribution >= 0.6 is 0 Å². The number of rotatable bonds is 3. The SMILES string of the molecule is O=C(NC1(c2ccc(F)cc2F)CC1)C1CCCN1. The molecule has 1 aromatic rings. The lowest BCUT2D eigenvalue weighted by molar-refractivity contribution is -0.123. The molecule has 0 aromatic heterocycles. The van der Waals surface area contributed by atoms with Gasteiger partial charge in [-0.3, -0.25) is 4.79 Å². The van der Waals surface area contributed by atoms with Gasteiger partial charge in [0.15, 0.2) is 0 Å². The minimum absolute atomic E-state index is 0.0845. The molecule has 5 heteroatoms. The van der Waals surface area contributed by atoms with Crippen molar-refractivity contribution >= 4 is 5.91 Å². The molecule has 3 nitrogen and oxygen atoms in total. The molecule has 1 saturated heterocycles. The molecule has 1 saturated carbocycles. The van der Waals surface area contributed by atoms with E-state index in [1.165, 1.54) is 12.1 Å². The Kier molecular flexibility index (Phi) is 3.01. The second-order valence-corrected chi connectivity index (χ2v) is 5.34. The first-order valence-electron chi connectivity index (χ1n) is 6.62. The highest BCUT2D eigenvalue weighted by Crippen LogP contribution is 2.46. The van der Waals surface area contributed by atoms with Crippen LogP contribution in [0.3, 0.4) is 0 Å². The summed E-state index contributed by atoms with van der Waals surface area (Å²) in [7, 11) is 0. The highest BCUT2D eigenvalue weighted by Gasteiger charge is 2.48. The smallest absolute Gasteiger partial charge is 0.237 e. The summed E-state index contributed by atoms with van der Waals surface area (Å²) >= 11 is 0. The fourth-order valence-electron chi connectivity index (χ4n) is 2.70. The summed E-state index contributed by atoms with van der Waals surface area (Å²) in [5.74, 6) is -1.27. The van der Waals surface area contributed by atoms with Crippen molar-refractivity contribution in [2.75, 3.05) is 6.54 Å². The van der Waals surface area contributed by atoms with Crippen LogP contribution in [0.2, 0.25) is 0 Å². The number of carbonyl (C=O) groups excluding carboxylic acids is 1. The van der Waals surface area contributed by atoms with E-state index in [1.807, 2.05) is 0 Å². The number of hydrogen-bond donors (Lipinski definition) is 2. The molecule has 2 N–H and O–H groups in total. The van der Waals surface area contributed by atoms with Crippen LogP contribution in [-0.4, -0.2) is 18.5 Å². The van der Waals surface area contributed by atoms with E-state index in [1.54, 1.807) is 0 Å². The van der Waals surface area contributed by atoms with E-state index in [-0.39, 0.29) is 11.9 Å². The summed E-state index contributed by atoms with van der Waals surface area (Å²) in [6, 6.07) is 3.36. The zero-order valence-corrected chi connectivity index (χ0v) is 10.5. The van der Waals surface area contributed by atoms with Crippen LogP contribution in [0.5, 0.6) is 0 Å². The molecular weight excluding hydrogens is 250 g/mol. The zero-order valence-electron chi connectivity index (χ0n) is 10.5. The van der Waals surface area contributed by atoms with E-state index >= 15 is 0 Å². The van der Waals surface area contributed by atoms with Gasteiger partial charge in [-0.2, -0.15) is 0 Å². The van der Waals surface area contributed by atoms with Crippen molar-refractivity contribution in [1.82, 2.24) is 10.6 Å². The molecule has 0 radical (unpaired) electrons. The number of amides is 1. The minimum atomic E-state index is -0.626. The number of nitrogens with one attached hydrogen (secondary N) is 2. The summed E-state index contributed by atoms with van der Waals surface area (Å²) in [4.78, 5) is 12.1. The standard InChI is InChI=1S/C14H16F2N2O/c15-9-3-4-10(11(16)8-9)14(5-6-14)18-13(19)12-2-1-7-17-12/h3-4,8,12,17H,1-2,5-7H2,(H,18,19). The lowest BCUT2D eigenvalue weighted by atomic mass is 10.0. The van der Waals surface area contributed by atoms with E-state index < -0.39 is 17.2 Å². The van der Waals surface area contributed by atoms with Gasteiger partial charge in [-0.25, -0.2) is 8.78 Å². The maximum Gasteiger partial charge on any atom is 0.237 e. The van der Waals surface area contributed by atoms with Gasteiger partial charge in [-0.05, 0) is 38.3 Å². The first-order chi connectivity index (χ1) is 9.11. The molecule has 1 aromatic carbocycles. The van der Waals surface area contributed by atoms with Crippen LogP contribution in [0.25, 0.3) is 0 Å². The molecule has 2 aliphatic rings. The van der Waals surface area contributed by atoms with Crippen LogP contribution in [-0.2, 0) is 10.3 Å². The quantitative estimate of drug-likeness (QED) is 0.876. The summed E-state index contributed by atoms with van der Waals surface area (Å²) in [5, 5.41) is 6.04. The molecule has 19 heavy (non-hydrogen) atoms. The van der Waals surface area contributed by atoms with Crippen molar-refractivity contribution in [2.24, 2.45) is 0 Å². The van der Waals surface area contributed by atoms with Gasteiger partial charge in [0.05, 0.1) is 11.6 Å². The Balaban J connectivity index is 1.77. The number of benzene rings is 1. The van der Waals surface area contributed by atoms with Crippen molar-refractivity contribution < 1.29 is 13.6 Å². The van der Waals surface area contributed by atoms with E-state index in [4.69, 9.17) is 0 Å². The van der Waals surface area contributed by atoms with E-state index in [0.717, 1.165) is 25.5 Å². The lowest BCUT2D eigenvalue weighted by Gasteiger charge is -2.21. The van der Waals surface area contributed by atoms with Crippen molar-refractivity contribution in [3.63, 3.8) is 0 Å². The Labute approximate surface area is 110 Å². The maximum atomic E-state index is 13.8. The third-order valence-corrected chi connectivity index (χ3v) is 3.94. The van der Waals surface area contributed by atoms with Gasteiger partial charge in [-0.15, -0.1) is 0 Å². The van der Waals surface area contributed by atoms with Crippen molar-refractivity contribution in [3.8, 4) is 0 Å². The molecule has 1 heterocycles. The van der Waals surface area contributed by atoms with Crippen molar-refractivity contribution in [3.05, 3.63) is 35.4 Å². The van der Waals surface area contributed by atoms with E-state index in [2.05, 4.69) is 10.6 Å². The zero-order chi connectivity index (χ0) is 13.5. The molecular formula is C14H16F2N2O. The summed E-state index contributed by atoms with van der Waals surface area (Å²) < 4.78 is 26.7. The van der Waals surface area contributed by atoms with Gasteiger partial charge >= 0.3 is 0 Å². The van der Waals surface area contributed by atoms with E-state index in [0.29, 0.717) is 18.4 Å². The molecule has 1 amide bonds. The fraction of sp³-hybridized carbons (Fsp3) is 0.500. The molecule has 1 aliphatic heterocycles. The van der Waals surface area contributed by atoms with Crippen LogP contribution in [0.4, 0.5) is 8.78 Å². The Morgan fingerprint density at radius 1 is 1.37 bits per heavy atom. The third kappa shape index (κ3) is 2.34. The van der Waals surface area contributed by atoms with Crippen LogP contribution in [0.1, 0.15) is 31.2 Å². The van der Waals surface area contributed by atoms with Crippen molar-refractivity contribution in [1.29, 1.82) is 0 Å². The third-order valence-electron chi connectivity index (χ3n) is 3.94. The molecule has 0 spiro atoms. The van der Waals surface area contributed by atoms with Crippen LogP contribution in [0, 0.1) is 11.6 Å². The second-order valence-electron chi connectivity index (χ2n) is 5.34. The molecule has 1 unspecified atom stereocenters. The average molecular weight is 266 g/mol. The Bertz CT molecular complexity index is 508. The highest BCUT2D eigenvalue weighted by atomic mass is 19.1. The Hall–Kier alpha value is -1.49. The summed E-state index contributed by atoms with van der Waals surface area (Å²) in [5.41, 5.74) is -0.237. The lowest BCUT2D eigenvalue weighted by Crippen LogP contribution is -2.45. The Morgan fingerprint density at radius 2 is 2.16 bits per heavy atom. The van der Waals surface area contributed by atoms with E-state index in [9.17, 15) is 13.6 Å². The van der Waals surface area contributed by atoms with Gasteiger partial charge in [0, 0.05) is 11.6 Å². The van der Waals surface area contributed by atoms with Crippen molar-refractivity contribution in [2.45, 2.75) is 37.3 Å². The minimum Gasteiger partial charge on any atom is -0.345 e. The summed E-state index contributed by atoms with van der Waals surface area (Å²) in [6.45, 7) is 0.843. The number of carbonyl (C=O) groups is 1. The van der Waals surface area contributed by atoms with Gasteiger partial charge in [0.1, 0.15) is 11.6 Å². The Morgan fingerprint density at radius 3 is 2.74 bits per heavy atom. The number of halogens is 2. The highest BCUT2D eigenvalue weighted by molar-refractivity contribution is 5.83. The van der Waals surface area contributed by atoms with Gasteiger partial charge in [0.25, 0.3) is 0 Å². The van der Waals surface area contributed by atoms with Gasteiger partial charge < -0.3 is 10.6 Å². The summed E-state index contributed by atoms with van der Waals surface area (Å²) in [6.07, 6.45) is 3.20. The monoisotopic (exact) mass is 266 g/mol. The topological polar surface area (TPSA) is 41.1 Å². The second kappa shape index (κ2) is 4.56. The first kappa shape index (κ1) is 12.5. The van der Waals surface area contributed by atoms with Crippen LogP contribution < -0.4 is 10.6 Å². The first-order valence-corrected chi connectivity index (χ1v) is 6.62. The molecule has 1 atom stereocenters. The molecule has 102 valence electrons. The molecule has 3 rings (SSSR count). The predicted molar refractivity (Wildman–Crippen MR) is 66.4 cm³/mol. The average Bonchev–Trinajstić information content (AvgIpc) is 2.93. The predicted octanol–water partition coefficient (Wildman–Crippen LogP) is 1.82. The molecule has 0 bridgehead atoms. The molecule has 2 fully saturated rings. The fourth-order valence-corrected chi connectivity index (χ4v) is 2.70. The van der Waals surface area contributed by atoms with Gasteiger partial charge in [-0.1, -0.05) is 6.07 Å². The number of hydrogen-bond acceptors (Lipinski definition) is 2. The van der Waals surface area contributed by atoms with Crippen LogP contribution in [0.15, 0.2) is 18.2 Å².